The summed E-state index contributed by atoms with van der Waals surface area (Å²) in [6.07, 6.45) is 8.76. The van der Waals surface area contributed by atoms with Crippen LogP contribution in [-0.4, -0.2) is 34.4 Å². The molecule has 0 saturated heterocycles. The number of aromatic nitrogens is 1. The number of nitrogens with zero attached hydrogens (tertiary/aromatic N) is 5. The molecule has 216 valence electrons. The minimum absolute atomic E-state index is 0.0637. The van der Waals surface area contributed by atoms with Crippen molar-refractivity contribution in [1.29, 1.82) is 0 Å². The smallest absolute Gasteiger partial charge is 0.230 e. The number of para-hydroxylation sites is 2. The highest BCUT2D eigenvalue weighted by atomic mass is 15.4. The van der Waals surface area contributed by atoms with Crippen molar-refractivity contribution in [3.8, 4) is 5.69 Å². The first kappa shape index (κ1) is 25.8. The van der Waals surface area contributed by atoms with Crippen LogP contribution in [0, 0.1) is 0 Å². The van der Waals surface area contributed by atoms with Crippen LogP contribution in [0.25, 0.3) is 27.5 Å². The summed E-state index contributed by atoms with van der Waals surface area (Å²) in [5.41, 5.74) is 8.22. The second-order valence-corrected chi connectivity index (χ2v) is 11.9. The van der Waals surface area contributed by atoms with Crippen molar-refractivity contribution in [3.05, 3.63) is 168 Å². The number of hydrogen-bond acceptors (Lipinski definition) is 4. The highest BCUT2D eigenvalue weighted by molar-refractivity contribution is 6.21. The first-order valence-electron chi connectivity index (χ1n) is 15.5. The van der Waals surface area contributed by atoms with E-state index in [4.69, 9.17) is 9.98 Å². The molecule has 0 saturated carbocycles. The molecule has 45 heavy (non-hydrogen) atoms. The summed E-state index contributed by atoms with van der Waals surface area (Å²) < 4.78 is 2.39. The molecule has 2 aliphatic heterocycles. The molecule has 5 heteroatoms. The van der Waals surface area contributed by atoms with Crippen molar-refractivity contribution in [2.45, 2.75) is 18.1 Å². The summed E-state index contributed by atoms with van der Waals surface area (Å²) in [5, 5.41) is 2.46. The van der Waals surface area contributed by atoms with Gasteiger partial charge in [-0.25, -0.2) is 4.99 Å². The number of hydrogen-bond donors (Lipinski definition) is 0. The molecular weight excluding hydrogens is 550 g/mol. The maximum atomic E-state index is 5.45. The average molecular weight is 582 g/mol. The lowest BCUT2D eigenvalue weighted by atomic mass is 9.91. The second-order valence-electron chi connectivity index (χ2n) is 11.9. The van der Waals surface area contributed by atoms with Gasteiger partial charge in [0.15, 0.2) is 6.17 Å². The van der Waals surface area contributed by atoms with Gasteiger partial charge in [0.1, 0.15) is 5.84 Å². The van der Waals surface area contributed by atoms with Gasteiger partial charge in [0.05, 0.1) is 22.8 Å². The van der Waals surface area contributed by atoms with Crippen molar-refractivity contribution in [2.75, 3.05) is 11.9 Å². The van der Waals surface area contributed by atoms with E-state index in [0.717, 1.165) is 28.6 Å². The summed E-state index contributed by atoms with van der Waals surface area (Å²) in [5.74, 6) is 1.84. The quantitative estimate of drug-likeness (QED) is 0.210. The molecule has 0 fully saturated rings. The Balaban J connectivity index is 1.34. The van der Waals surface area contributed by atoms with Gasteiger partial charge in [-0.1, -0.05) is 127 Å². The van der Waals surface area contributed by atoms with Crippen LogP contribution in [0.15, 0.2) is 162 Å². The molecule has 0 N–H and O–H groups in total. The van der Waals surface area contributed by atoms with Crippen LogP contribution in [0.3, 0.4) is 0 Å². The van der Waals surface area contributed by atoms with Gasteiger partial charge >= 0.3 is 0 Å². The van der Waals surface area contributed by atoms with Crippen molar-refractivity contribution >= 4 is 39.3 Å². The van der Waals surface area contributed by atoms with E-state index in [1.807, 2.05) is 0 Å². The third-order valence-electron chi connectivity index (χ3n) is 9.35. The van der Waals surface area contributed by atoms with Crippen LogP contribution in [0.4, 0.5) is 5.69 Å². The lowest BCUT2D eigenvalue weighted by Gasteiger charge is -2.36. The van der Waals surface area contributed by atoms with Crippen molar-refractivity contribution in [3.63, 3.8) is 0 Å². The van der Waals surface area contributed by atoms with Crippen LogP contribution in [0.2, 0.25) is 0 Å². The molecule has 5 aromatic carbocycles. The number of guanidine groups is 1. The van der Waals surface area contributed by atoms with E-state index in [0.29, 0.717) is 0 Å². The molecular formula is C40H31N5. The van der Waals surface area contributed by atoms with E-state index in [-0.39, 0.29) is 18.1 Å². The number of amidine groups is 1. The maximum Gasteiger partial charge on any atom is 0.230 e. The van der Waals surface area contributed by atoms with E-state index >= 15 is 0 Å². The molecule has 0 spiro atoms. The molecule has 6 aromatic rings. The van der Waals surface area contributed by atoms with Crippen LogP contribution in [0.5, 0.6) is 0 Å². The molecule has 3 unspecified atom stereocenters. The number of rotatable bonds is 3. The largest absolute Gasteiger partial charge is 0.333 e. The monoisotopic (exact) mass is 581 g/mol. The Kier molecular flexibility index (Phi) is 5.85. The lowest BCUT2D eigenvalue weighted by molar-refractivity contribution is 0.381. The van der Waals surface area contributed by atoms with Crippen molar-refractivity contribution in [1.82, 2.24) is 9.47 Å². The number of aliphatic imine (C=N–C) groups is 2. The molecule has 3 heterocycles. The van der Waals surface area contributed by atoms with Crippen LogP contribution in [-0.2, 0) is 0 Å². The fourth-order valence-electron chi connectivity index (χ4n) is 7.36. The second kappa shape index (κ2) is 10.2. The van der Waals surface area contributed by atoms with Crippen LogP contribution >= 0.6 is 0 Å². The zero-order valence-corrected chi connectivity index (χ0v) is 24.9. The normalized spacial score (nSPS) is 20.3. The number of allylic oxidation sites excluding steroid dienone is 2. The van der Waals surface area contributed by atoms with Gasteiger partial charge in [-0.05, 0) is 35.4 Å². The Morgan fingerprint density at radius 2 is 1.33 bits per heavy atom. The lowest BCUT2D eigenvalue weighted by Crippen LogP contribution is -2.43. The van der Waals surface area contributed by atoms with E-state index in [1.165, 1.54) is 33.1 Å². The standard InChI is InChI=1S/C40H31N5/c1-43-38(27-15-5-2-6-16-27)41-40(42-39(43)28-17-7-3-8-18-28)45-33-23-13-11-21-30(33)31-25-26-35-36(37(31)45)32-22-12-14-24-34(32)44(35)29-19-9-4-10-20-29/h2-26,30,33,38H,1H3. The molecule has 0 bridgehead atoms. The average Bonchev–Trinajstić information content (AvgIpc) is 3.63. The van der Waals surface area contributed by atoms with Gasteiger partial charge in [0.25, 0.3) is 0 Å². The Labute approximate surface area is 262 Å². The summed E-state index contributed by atoms with van der Waals surface area (Å²) in [6.45, 7) is 0. The molecule has 3 atom stereocenters. The van der Waals surface area contributed by atoms with Crippen LogP contribution < -0.4 is 4.90 Å². The Morgan fingerprint density at radius 3 is 2.13 bits per heavy atom. The molecule has 0 radical (unpaired) electrons. The van der Waals surface area contributed by atoms with Gasteiger partial charge in [0.2, 0.25) is 5.96 Å². The fourth-order valence-corrected chi connectivity index (χ4v) is 7.36. The number of anilines is 1. The van der Waals surface area contributed by atoms with Gasteiger partial charge in [-0.15, -0.1) is 0 Å². The van der Waals surface area contributed by atoms with E-state index in [9.17, 15) is 0 Å². The van der Waals surface area contributed by atoms with Crippen molar-refractivity contribution < 1.29 is 0 Å². The molecule has 9 rings (SSSR count). The SMILES string of the molecule is CN1C(c2ccccc2)=NC(N2c3c(ccc4c3c3ccccc3n4-c3ccccc3)C3C=CC=CC32)=NC1c1ccccc1. The summed E-state index contributed by atoms with van der Waals surface area (Å²) in [4.78, 5) is 15.4. The summed E-state index contributed by atoms with van der Waals surface area (Å²) >= 11 is 0. The molecule has 1 aromatic heterocycles. The fraction of sp³-hybridized carbons (Fsp3) is 0.100. The molecule has 1 aliphatic carbocycles. The zero-order valence-electron chi connectivity index (χ0n) is 24.9. The van der Waals surface area contributed by atoms with Crippen LogP contribution in [0.1, 0.15) is 28.8 Å². The highest BCUT2D eigenvalue weighted by Crippen LogP contribution is 2.51. The Bertz CT molecular complexity index is 2190. The zero-order chi connectivity index (χ0) is 29.9. The minimum atomic E-state index is -0.218. The van der Waals surface area contributed by atoms with Gasteiger partial charge in [-0.2, -0.15) is 4.99 Å². The number of fused-ring (bicyclic) bond motifs is 7. The predicted octanol–water partition coefficient (Wildman–Crippen LogP) is 8.63. The Hall–Kier alpha value is -5.68. The predicted molar refractivity (Wildman–Crippen MR) is 185 cm³/mol. The first-order valence-corrected chi connectivity index (χ1v) is 15.5. The summed E-state index contributed by atoms with van der Waals surface area (Å²) in [7, 11) is 2.10. The third kappa shape index (κ3) is 3.94. The number of benzene rings is 5. The van der Waals surface area contributed by atoms with Gasteiger partial charge in [0, 0.05) is 35.0 Å². The first-order chi connectivity index (χ1) is 22.3. The topological polar surface area (TPSA) is 36.1 Å². The molecule has 3 aliphatic rings. The molecule has 5 nitrogen and oxygen atoms in total. The van der Waals surface area contributed by atoms with E-state index in [2.05, 4.69) is 173 Å². The third-order valence-corrected chi connectivity index (χ3v) is 9.35. The van der Waals surface area contributed by atoms with Gasteiger partial charge in [-0.3, -0.25) is 0 Å². The van der Waals surface area contributed by atoms with Gasteiger partial charge < -0.3 is 14.4 Å². The maximum absolute atomic E-state index is 5.45. The minimum Gasteiger partial charge on any atom is -0.333 e. The summed E-state index contributed by atoms with van der Waals surface area (Å²) in [6, 6.07) is 45.1. The highest BCUT2D eigenvalue weighted by Gasteiger charge is 2.43. The molecule has 0 amide bonds. The van der Waals surface area contributed by atoms with E-state index in [1.54, 1.807) is 0 Å². The van der Waals surface area contributed by atoms with Crippen molar-refractivity contribution in [2.24, 2.45) is 9.98 Å². The Morgan fingerprint density at radius 1 is 0.644 bits per heavy atom. The van der Waals surface area contributed by atoms with E-state index < -0.39 is 0 Å².